The summed E-state index contributed by atoms with van der Waals surface area (Å²) in [5.41, 5.74) is 6.03. The van der Waals surface area contributed by atoms with Gasteiger partial charge in [-0.1, -0.05) is 32.0 Å². The summed E-state index contributed by atoms with van der Waals surface area (Å²) in [6.45, 7) is 13.1. The largest absolute Gasteiger partial charge is 0.347 e. The third-order valence-corrected chi connectivity index (χ3v) is 4.86. The zero-order chi connectivity index (χ0) is 20.8. The molecule has 0 unspecified atom stereocenters. The minimum atomic E-state index is -0.220. The Kier molecular flexibility index (Phi) is 7.38. The van der Waals surface area contributed by atoms with E-state index in [9.17, 15) is 9.59 Å². The molecule has 2 amide bonds. The van der Waals surface area contributed by atoms with Crippen molar-refractivity contribution in [2.45, 2.75) is 60.9 Å². The molecule has 0 spiro atoms. The molecule has 2 aromatic rings. The third-order valence-electron chi connectivity index (χ3n) is 4.86. The van der Waals surface area contributed by atoms with E-state index in [1.54, 1.807) is 0 Å². The summed E-state index contributed by atoms with van der Waals surface area (Å²) >= 11 is 0. The Morgan fingerprint density at radius 2 is 1.71 bits per heavy atom. The van der Waals surface area contributed by atoms with E-state index < -0.39 is 0 Å². The molecule has 2 N–H and O–H groups in total. The summed E-state index contributed by atoms with van der Waals surface area (Å²) < 4.78 is 2.02. The normalized spacial score (nSPS) is 11.0. The number of aromatic nitrogens is 2. The second kappa shape index (κ2) is 9.53. The zero-order valence-corrected chi connectivity index (χ0v) is 17.8. The van der Waals surface area contributed by atoms with Gasteiger partial charge in [-0.2, -0.15) is 5.10 Å². The second-order valence-electron chi connectivity index (χ2n) is 7.82. The molecular formula is C22H32N4O2. The Morgan fingerprint density at radius 1 is 1.07 bits per heavy atom. The van der Waals surface area contributed by atoms with Gasteiger partial charge in [0.25, 0.3) is 0 Å². The number of benzene rings is 1. The highest BCUT2D eigenvalue weighted by Gasteiger charge is 2.14. The SMILES string of the molecule is Cc1cccc(C)c1NC(=O)CNC(=O)CCc1c(C)nn(CC(C)C)c1C. The number of aryl methyl sites for hydroxylation is 3. The third kappa shape index (κ3) is 5.68. The van der Waals surface area contributed by atoms with Crippen molar-refractivity contribution in [2.24, 2.45) is 5.92 Å². The van der Waals surface area contributed by atoms with Crippen LogP contribution in [-0.4, -0.2) is 28.1 Å². The van der Waals surface area contributed by atoms with Crippen molar-refractivity contribution in [3.8, 4) is 0 Å². The van der Waals surface area contributed by atoms with Crippen LogP contribution < -0.4 is 10.6 Å². The highest BCUT2D eigenvalue weighted by atomic mass is 16.2. The van der Waals surface area contributed by atoms with E-state index in [-0.39, 0.29) is 18.4 Å². The Bertz CT molecular complexity index is 832. The van der Waals surface area contributed by atoms with Crippen molar-refractivity contribution < 1.29 is 9.59 Å². The van der Waals surface area contributed by atoms with E-state index in [1.807, 2.05) is 50.6 Å². The van der Waals surface area contributed by atoms with Crippen LogP contribution in [0.25, 0.3) is 0 Å². The molecular weight excluding hydrogens is 352 g/mol. The molecule has 6 heteroatoms. The second-order valence-corrected chi connectivity index (χ2v) is 7.82. The lowest BCUT2D eigenvalue weighted by Gasteiger charge is -2.12. The maximum atomic E-state index is 12.2. The highest BCUT2D eigenvalue weighted by Crippen LogP contribution is 2.19. The van der Waals surface area contributed by atoms with Gasteiger partial charge < -0.3 is 10.6 Å². The number of nitrogens with zero attached hydrogens (tertiary/aromatic N) is 2. The van der Waals surface area contributed by atoms with E-state index in [2.05, 4.69) is 29.6 Å². The smallest absolute Gasteiger partial charge is 0.243 e. The Hall–Kier alpha value is -2.63. The number of amides is 2. The van der Waals surface area contributed by atoms with E-state index in [1.165, 1.54) is 0 Å². The highest BCUT2D eigenvalue weighted by molar-refractivity contribution is 5.95. The van der Waals surface area contributed by atoms with Gasteiger partial charge in [0, 0.05) is 24.3 Å². The zero-order valence-electron chi connectivity index (χ0n) is 17.8. The molecule has 1 heterocycles. The lowest BCUT2D eigenvalue weighted by molar-refractivity contribution is -0.124. The van der Waals surface area contributed by atoms with Crippen LogP contribution >= 0.6 is 0 Å². The van der Waals surface area contributed by atoms with Crippen LogP contribution in [0, 0.1) is 33.6 Å². The first-order chi connectivity index (χ1) is 13.2. The Labute approximate surface area is 167 Å². The molecule has 2 rings (SSSR count). The van der Waals surface area contributed by atoms with Gasteiger partial charge in [-0.25, -0.2) is 0 Å². The molecule has 0 aliphatic carbocycles. The minimum Gasteiger partial charge on any atom is -0.347 e. The summed E-state index contributed by atoms with van der Waals surface area (Å²) in [5.74, 6) is 0.166. The molecule has 6 nitrogen and oxygen atoms in total. The summed E-state index contributed by atoms with van der Waals surface area (Å²) in [6.07, 6.45) is 0.964. The van der Waals surface area contributed by atoms with Gasteiger partial charge in [-0.3, -0.25) is 14.3 Å². The first-order valence-corrected chi connectivity index (χ1v) is 9.84. The summed E-state index contributed by atoms with van der Waals surface area (Å²) in [7, 11) is 0. The van der Waals surface area contributed by atoms with Crippen LogP contribution in [0.3, 0.4) is 0 Å². The molecule has 1 aromatic heterocycles. The quantitative estimate of drug-likeness (QED) is 0.732. The number of para-hydroxylation sites is 1. The molecule has 152 valence electrons. The van der Waals surface area contributed by atoms with Crippen molar-refractivity contribution in [2.75, 3.05) is 11.9 Å². The fourth-order valence-corrected chi connectivity index (χ4v) is 3.32. The predicted octanol–water partition coefficient (Wildman–Crippen LogP) is 3.46. The van der Waals surface area contributed by atoms with Crippen molar-refractivity contribution in [1.29, 1.82) is 0 Å². The van der Waals surface area contributed by atoms with Crippen LogP contribution in [0.1, 0.15) is 48.3 Å². The molecule has 0 saturated heterocycles. The Morgan fingerprint density at radius 3 is 2.32 bits per heavy atom. The van der Waals surface area contributed by atoms with Gasteiger partial charge in [-0.05, 0) is 56.7 Å². The standard InChI is InChI=1S/C22H32N4O2/c1-14(2)13-26-18(6)19(17(5)25-26)10-11-20(27)23-12-21(28)24-22-15(3)8-7-9-16(22)4/h7-9,14H,10-13H2,1-6H3,(H,23,27)(H,24,28). The van der Waals surface area contributed by atoms with Gasteiger partial charge >= 0.3 is 0 Å². The number of hydrogen-bond donors (Lipinski definition) is 2. The summed E-state index contributed by atoms with van der Waals surface area (Å²) in [4.78, 5) is 24.4. The van der Waals surface area contributed by atoms with Crippen LogP contribution in [0.5, 0.6) is 0 Å². The lowest BCUT2D eigenvalue weighted by Crippen LogP contribution is -2.33. The number of anilines is 1. The van der Waals surface area contributed by atoms with Gasteiger partial charge in [0.05, 0.1) is 12.2 Å². The number of hydrogen-bond acceptors (Lipinski definition) is 3. The van der Waals surface area contributed by atoms with Gasteiger partial charge in [-0.15, -0.1) is 0 Å². The molecule has 0 atom stereocenters. The topological polar surface area (TPSA) is 76.0 Å². The van der Waals surface area contributed by atoms with Gasteiger partial charge in [0.2, 0.25) is 11.8 Å². The minimum absolute atomic E-state index is 0.0306. The van der Waals surface area contributed by atoms with Gasteiger partial charge in [0.15, 0.2) is 0 Å². The fraction of sp³-hybridized carbons (Fsp3) is 0.500. The average Bonchev–Trinajstić information content (AvgIpc) is 2.87. The number of nitrogens with one attached hydrogen (secondary N) is 2. The Balaban J connectivity index is 1.85. The molecule has 28 heavy (non-hydrogen) atoms. The molecule has 0 saturated carbocycles. The van der Waals surface area contributed by atoms with Crippen LogP contribution in [0.2, 0.25) is 0 Å². The summed E-state index contributed by atoms with van der Waals surface area (Å²) in [5, 5.41) is 10.2. The van der Waals surface area contributed by atoms with E-state index in [0.717, 1.165) is 40.3 Å². The van der Waals surface area contributed by atoms with Crippen LogP contribution in [0.4, 0.5) is 5.69 Å². The molecule has 0 aliphatic rings. The predicted molar refractivity (Wildman–Crippen MR) is 112 cm³/mol. The van der Waals surface area contributed by atoms with Gasteiger partial charge in [0.1, 0.15) is 0 Å². The molecule has 0 fully saturated rings. The van der Waals surface area contributed by atoms with Crippen molar-refractivity contribution in [1.82, 2.24) is 15.1 Å². The van der Waals surface area contributed by atoms with E-state index in [4.69, 9.17) is 0 Å². The number of rotatable bonds is 8. The average molecular weight is 385 g/mol. The first-order valence-electron chi connectivity index (χ1n) is 9.84. The van der Waals surface area contributed by atoms with Crippen LogP contribution in [0.15, 0.2) is 18.2 Å². The number of carbonyl (C=O) groups excluding carboxylic acids is 2. The molecule has 0 bridgehead atoms. The first kappa shape index (κ1) is 21.7. The molecule has 1 aromatic carbocycles. The van der Waals surface area contributed by atoms with Crippen molar-refractivity contribution in [3.05, 3.63) is 46.3 Å². The lowest BCUT2D eigenvalue weighted by atomic mass is 10.1. The monoisotopic (exact) mass is 384 g/mol. The molecule has 0 aliphatic heterocycles. The summed E-state index contributed by atoms with van der Waals surface area (Å²) in [6, 6.07) is 5.85. The van der Waals surface area contributed by atoms with Crippen LogP contribution in [-0.2, 0) is 22.6 Å². The van der Waals surface area contributed by atoms with Crippen molar-refractivity contribution >= 4 is 17.5 Å². The fourth-order valence-electron chi connectivity index (χ4n) is 3.32. The maximum Gasteiger partial charge on any atom is 0.243 e. The number of carbonyl (C=O) groups is 2. The van der Waals surface area contributed by atoms with E-state index >= 15 is 0 Å². The maximum absolute atomic E-state index is 12.2. The van der Waals surface area contributed by atoms with E-state index in [0.29, 0.717) is 18.8 Å². The van der Waals surface area contributed by atoms with Crippen molar-refractivity contribution in [3.63, 3.8) is 0 Å². The molecule has 0 radical (unpaired) electrons.